The third kappa shape index (κ3) is 3.75. The van der Waals surface area contributed by atoms with Crippen LogP contribution in [0.15, 0.2) is 0 Å². The number of hydrogen-bond donors (Lipinski definition) is 1. The van der Waals surface area contributed by atoms with Crippen LogP contribution in [0.4, 0.5) is 0 Å². The summed E-state index contributed by atoms with van der Waals surface area (Å²) >= 11 is 0. The van der Waals surface area contributed by atoms with Gasteiger partial charge >= 0.3 is 0 Å². The number of likely N-dealkylation sites (tertiary alicyclic amines) is 1. The summed E-state index contributed by atoms with van der Waals surface area (Å²) in [5.41, 5.74) is 0.453. The Morgan fingerprint density at radius 2 is 1.95 bits per heavy atom. The molecule has 1 N–H and O–H groups in total. The highest BCUT2D eigenvalue weighted by molar-refractivity contribution is 4.95. The summed E-state index contributed by atoms with van der Waals surface area (Å²) in [4.78, 5) is 5.12. The molecule has 0 aromatic rings. The third-order valence-corrected chi connectivity index (χ3v) is 5.56. The summed E-state index contributed by atoms with van der Waals surface area (Å²) in [5.74, 6) is 0.825. The van der Waals surface area contributed by atoms with Gasteiger partial charge in [0.05, 0.1) is 0 Å². The van der Waals surface area contributed by atoms with Crippen LogP contribution in [-0.4, -0.2) is 62.7 Å². The molecule has 3 nitrogen and oxygen atoms in total. The molecule has 0 aromatic heterocycles. The molecule has 2 aliphatic rings. The molecule has 1 saturated carbocycles. The smallest absolute Gasteiger partial charge is 0.0223 e. The fraction of sp³-hybridized carbons (Fsp3) is 1.00. The predicted molar refractivity (Wildman–Crippen MR) is 87.1 cm³/mol. The normalized spacial score (nSPS) is 34.8. The minimum Gasteiger partial charge on any atom is -0.316 e. The first-order chi connectivity index (χ1) is 9.44. The van der Waals surface area contributed by atoms with Crippen LogP contribution in [0.5, 0.6) is 0 Å². The molecule has 2 rings (SSSR count). The van der Waals surface area contributed by atoms with Crippen molar-refractivity contribution in [1.29, 1.82) is 0 Å². The molecule has 1 saturated heterocycles. The lowest BCUT2D eigenvalue weighted by Crippen LogP contribution is -2.52. The monoisotopic (exact) mass is 281 g/mol. The minimum atomic E-state index is 0.453. The first-order valence-electron chi connectivity index (χ1n) is 8.50. The van der Waals surface area contributed by atoms with E-state index in [0.717, 1.165) is 12.0 Å². The van der Waals surface area contributed by atoms with Crippen molar-refractivity contribution in [3.8, 4) is 0 Å². The maximum absolute atomic E-state index is 3.64. The first-order valence-corrected chi connectivity index (χ1v) is 8.50. The molecule has 0 amide bonds. The molecular formula is C17H35N3. The van der Waals surface area contributed by atoms with Crippen molar-refractivity contribution in [3.05, 3.63) is 0 Å². The van der Waals surface area contributed by atoms with Gasteiger partial charge in [0.2, 0.25) is 0 Å². The minimum absolute atomic E-state index is 0.453. The van der Waals surface area contributed by atoms with Gasteiger partial charge in [0, 0.05) is 25.2 Å². The third-order valence-electron chi connectivity index (χ3n) is 5.56. The van der Waals surface area contributed by atoms with E-state index in [9.17, 15) is 0 Å². The maximum Gasteiger partial charge on any atom is 0.0223 e. The second-order valence-electron chi connectivity index (χ2n) is 7.96. The molecule has 2 fully saturated rings. The van der Waals surface area contributed by atoms with Crippen molar-refractivity contribution in [2.24, 2.45) is 11.3 Å². The zero-order chi connectivity index (χ0) is 14.8. The Balaban J connectivity index is 1.97. The maximum atomic E-state index is 3.64. The molecule has 3 unspecified atom stereocenters. The summed E-state index contributed by atoms with van der Waals surface area (Å²) in [5, 5.41) is 3.64. The molecular weight excluding hydrogens is 246 g/mol. The SMILES string of the molecule is CNC1C(CN2CCCC2CN(C)C)CCCC1(C)C. The van der Waals surface area contributed by atoms with Crippen LogP contribution in [0.25, 0.3) is 0 Å². The van der Waals surface area contributed by atoms with E-state index in [2.05, 4.69) is 50.1 Å². The molecule has 1 aliphatic carbocycles. The van der Waals surface area contributed by atoms with Crippen molar-refractivity contribution < 1.29 is 0 Å². The zero-order valence-electron chi connectivity index (χ0n) is 14.3. The molecule has 118 valence electrons. The van der Waals surface area contributed by atoms with E-state index in [4.69, 9.17) is 0 Å². The largest absolute Gasteiger partial charge is 0.316 e. The average molecular weight is 281 g/mol. The van der Waals surface area contributed by atoms with Crippen LogP contribution in [0.2, 0.25) is 0 Å². The highest BCUT2D eigenvalue weighted by atomic mass is 15.2. The van der Waals surface area contributed by atoms with Crippen molar-refractivity contribution in [2.45, 2.75) is 58.0 Å². The van der Waals surface area contributed by atoms with Crippen molar-refractivity contribution >= 4 is 0 Å². The van der Waals surface area contributed by atoms with E-state index in [-0.39, 0.29) is 0 Å². The van der Waals surface area contributed by atoms with Crippen LogP contribution in [0.1, 0.15) is 46.0 Å². The number of likely N-dealkylation sites (N-methyl/N-ethyl adjacent to an activating group) is 1. The van der Waals surface area contributed by atoms with Crippen LogP contribution < -0.4 is 5.32 Å². The van der Waals surface area contributed by atoms with Crippen molar-refractivity contribution in [3.63, 3.8) is 0 Å². The van der Waals surface area contributed by atoms with Gasteiger partial charge in [0.15, 0.2) is 0 Å². The molecule has 3 heteroatoms. The summed E-state index contributed by atoms with van der Waals surface area (Å²) in [6.45, 7) is 8.73. The van der Waals surface area contributed by atoms with E-state index < -0.39 is 0 Å². The standard InChI is InChI=1S/C17H35N3/c1-17(2)10-6-8-14(16(17)18-3)12-20-11-7-9-15(20)13-19(4)5/h14-16,18H,6-13H2,1-5H3. The summed E-state index contributed by atoms with van der Waals surface area (Å²) < 4.78 is 0. The van der Waals surface area contributed by atoms with Crippen LogP contribution in [0.3, 0.4) is 0 Å². The van der Waals surface area contributed by atoms with Crippen LogP contribution >= 0.6 is 0 Å². The van der Waals surface area contributed by atoms with Gasteiger partial charge in [-0.1, -0.05) is 20.3 Å². The lowest BCUT2D eigenvalue weighted by Gasteiger charge is -2.46. The number of nitrogens with one attached hydrogen (secondary N) is 1. The average Bonchev–Trinajstić information content (AvgIpc) is 2.75. The molecule has 1 heterocycles. The Bertz CT molecular complexity index is 301. The second kappa shape index (κ2) is 6.76. The fourth-order valence-corrected chi connectivity index (χ4v) is 4.67. The van der Waals surface area contributed by atoms with E-state index in [0.29, 0.717) is 11.5 Å². The molecule has 0 bridgehead atoms. The Morgan fingerprint density at radius 1 is 1.20 bits per heavy atom. The Hall–Kier alpha value is -0.120. The second-order valence-corrected chi connectivity index (χ2v) is 7.96. The molecule has 0 radical (unpaired) electrons. The first kappa shape index (κ1) is 16.3. The summed E-state index contributed by atoms with van der Waals surface area (Å²) in [7, 11) is 6.57. The van der Waals surface area contributed by atoms with Gasteiger partial charge in [-0.15, -0.1) is 0 Å². The Kier molecular flexibility index (Phi) is 5.49. The number of hydrogen-bond acceptors (Lipinski definition) is 3. The van der Waals surface area contributed by atoms with Gasteiger partial charge in [0.1, 0.15) is 0 Å². The van der Waals surface area contributed by atoms with Crippen LogP contribution in [0, 0.1) is 11.3 Å². The summed E-state index contributed by atoms with van der Waals surface area (Å²) in [6.07, 6.45) is 6.95. The Morgan fingerprint density at radius 3 is 2.60 bits per heavy atom. The lowest BCUT2D eigenvalue weighted by molar-refractivity contribution is 0.0756. The topological polar surface area (TPSA) is 18.5 Å². The van der Waals surface area contributed by atoms with Gasteiger partial charge in [-0.05, 0) is 64.7 Å². The quantitative estimate of drug-likeness (QED) is 0.835. The van der Waals surface area contributed by atoms with Gasteiger partial charge in [-0.3, -0.25) is 4.90 Å². The predicted octanol–water partition coefficient (Wildman–Crippen LogP) is 2.43. The van der Waals surface area contributed by atoms with Gasteiger partial charge in [0.25, 0.3) is 0 Å². The molecule has 0 spiro atoms. The van der Waals surface area contributed by atoms with E-state index in [1.807, 2.05) is 0 Å². The zero-order valence-corrected chi connectivity index (χ0v) is 14.3. The van der Waals surface area contributed by atoms with Gasteiger partial charge in [-0.25, -0.2) is 0 Å². The fourth-order valence-electron chi connectivity index (χ4n) is 4.67. The number of nitrogens with zero attached hydrogens (tertiary/aromatic N) is 2. The summed E-state index contributed by atoms with van der Waals surface area (Å²) in [6, 6.07) is 1.46. The van der Waals surface area contributed by atoms with Gasteiger partial charge < -0.3 is 10.2 Å². The molecule has 3 atom stereocenters. The highest BCUT2D eigenvalue weighted by Crippen LogP contribution is 2.39. The van der Waals surface area contributed by atoms with Crippen molar-refractivity contribution in [2.75, 3.05) is 40.8 Å². The molecule has 20 heavy (non-hydrogen) atoms. The van der Waals surface area contributed by atoms with E-state index in [1.54, 1.807) is 0 Å². The van der Waals surface area contributed by atoms with Gasteiger partial charge in [-0.2, -0.15) is 0 Å². The van der Waals surface area contributed by atoms with E-state index >= 15 is 0 Å². The number of rotatable bonds is 5. The molecule has 0 aromatic carbocycles. The lowest BCUT2D eigenvalue weighted by atomic mass is 9.68. The van der Waals surface area contributed by atoms with E-state index in [1.165, 1.54) is 51.7 Å². The van der Waals surface area contributed by atoms with Crippen LogP contribution in [-0.2, 0) is 0 Å². The Labute approximate surface area is 126 Å². The van der Waals surface area contributed by atoms with Crippen molar-refractivity contribution in [1.82, 2.24) is 15.1 Å². The molecule has 1 aliphatic heterocycles. The highest BCUT2D eigenvalue weighted by Gasteiger charge is 2.39.